The Hall–Kier alpha value is 4.35. The van der Waals surface area contributed by atoms with Crippen LogP contribution in [0.3, 0.4) is 0 Å². The van der Waals surface area contributed by atoms with E-state index in [0.717, 1.165) is 0 Å². The molecule has 0 aliphatic carbocycles. The maximum absolute atomic E-state index is 10.9. The Balaban J connectivity index is -0.000000180. The van der Waals surface area contributed by atoms with E-state index in [1.165, 1.54) is 0 Å². The average Bonchev–Trinajstić information content (AvgIpc) is 0.592. The van der Waals surface area contributed by atoms with Crippen molar-refractivity contribution >= 4 is 0 Å². The van der Waals surface area contributed by atoms with Crippen LogP contribution in [0.4, 0.5) is 19.3 Å². The molecule has 0 unspecified atom stereocenters. The molecule has 0 radical (unpaired) electrons. The monoisotopic (exact) mass is 486 g/mol. The van der Waals surface area contributed by atoms with E-state index < -0.39 is 16.2 Å². The summed E-state index contributed by atoms with van der Waals surface area (Å²) >= 11 is -10.9. The van der Waals surface area contributed by atoms with Crippen LogP contribution < -0.4 is 138 Å². The third-order valence-electron chi connectivity index (χ3n) is 0. The first kappa shape index (κ1) is 19.0. The summed E-state index contributed by atoms with van der Waals surface area (Å²) in [7, 11) is 0. The molecule has 0 aliphatic heterocycles. The van der Waals surface area contributed by atoms with Crippen LogP contribution in [0.15, 0.2) is 0 Å². The second kappa shape index (κ2) is 4.25. The second-order valence-corrected chi connectivity index (χ2v) is 4.01. The summed E-state index contributed by atoms with van der Waals surface area (Å²) in [4.78, 5) is 0. The molecule has 0 aromatic rings. The number of rotatable bonds is 0. The fourth-order valence-corrected chi connectivity index (χ4v) is 0. The molecule has 0 atom stereocenters. The van der Waals surface area contributed by atoms with Gasteiger partial charge in [-0.15, -0.1) is 0 Å². The molecule has 0 bridgehead atoms. The van der Waals surface area contributed by atoms with Crippen LogP contribution >= 0.6 is 0 Å². The van der Waals surface area contributed by atoms with Gasteiger partial charge in [-0.3, -0.25) is 0 Å². The molecule has 9 heteroatoms. The Morgan fingerprint density at radius 3 is 0.556 bits per heavy atom. The third-order valence-corrected chi connectivity index (χ3v) is 0. The van der Waals surface area contributed by atoms with Gasteiger partial charge in [0.2, 0.25) is 0 Å². The van der Waals surface area contributed by atoms with Gasteiger partial charge in [-0.2, -0.15) is 0 Å². The summed E-state index contributed by atoms with van der Waals surface area (Å²) in [6.45, 7) is 0. The van der Waals surface area contributed by atoms with Gasteiger partial charge < -0.3 is 0 Å². The summed E-state index contributed by atoms with van der Waals surface area (Å²) in [5, 5.41) is 0. The summed E-state index contributed by atoms with van der Waals surface area (Å²) < 4.78 is 59.4. The third kappa shape index (κ3) is 70.0. The van der Waals surface area contributed by atoms with Crippen molar-refractivity contribution in [3.63, 3.8) is 0 Å². The van der Waals surface area contributed by atoms with Crippen molar-refractivity contribution in [1.82, 2.24) is 0 Å². The topological polar surface area (TPSA) is 0 Å². The Morgan fingerprint density at radius 1 is 0.556 bits per heavy atom. The van der Waals surface area contributed by atoms with Crippen molar-refractivity contribution in [2.75, 3.05) is 0 Å². The molecule has 0 spiro atoms. The molecule has 0 rings (SSSR count). The van der Waals surface area contributed by atoms with Crippen molar-refractivity contribution in [2.24, 2.45) is 0 Å². The number of hydrogen-bond donors (Lipinski definition) is 0. The van der Waals surface area contributed by atoms with Crippen LogP contribution in [0.5, 0.6) is 0 Å². The molecule has 0 aromatic heterocycles. The van der Waals surface area contributed by atoms with Crippen molar-refractivity contribution in [3.05, 3.63) is 0 Å². The van der Waals surface area contributed by atoms with Crippen LogP contribution in [0.25, 0.3) is 0 Å². The summed E-state index contributed by atoms with van der Waals surface area (Å²) in [6, 6.07) is 0. The summed E-state index contributed by atoms with van der Waals surface area (Å²) in [5.41, 5.74) is 0. The molecule has 0 heterocycles. The van der Waals surface area contributed by atoms with Crippen molar-refractivity contribution in [3.8, 4) is 0 Å². The van der Waals surface area contributed by atoms with Crippen LogP contribution in [-0.4, -0.2) is 0 Å². The van der Waals surface area contributed by atoms with E-state index in [4.69, 9.17) is 0 Å². The first-order valence-electron chi connectivity index (χ1n) is 0.717. The molecule has 0 aliphatic rings. The van der Waals surface area contributed by atoms with Crippen LogP contribution in [0.1, 0.15) is 0 Å². The van der Waals surface area contributed by atoms with Gasteiger partial charge in [-0.1, -0.05) is 0 Å². The van der Waals surface area contributed by atoms with Gasteiger partial charge in [0, 0.05) is 0 Å². The van der Waals surface area contributed by atoms with E-state index in [1.54, 1.807) is 0 Å². The summed E-state index contributed by atoms with van der Waals surface area (Å²) in [5.74, 6) is 0. The molecular weight excluding hydrogens is 486 g/mol. The van der Waals surface area contributed by atoms with Gasteiger partial charge in [0.1, 0.15) is 0 Å². The zero-order chi connectivity index (χ0) is 6.41. The SMILES string of the molecule is [Cs+].[Cs+].[F][Pd-2]([F])([F])([F])([F])[F]. The minimum absolute atomic E-state index is 0. The summed E-state index contributed by atoms with van der Waals surface area (Å²) in [6.07, 6.45) is 0. The van der Waals surface area contributed by atoms with E-state index in [1.807, 2.05) is 0 Å². The minimum atomic E-state index is -10.9. The molecule has 0 amide bonds. The Morgan fingerprint density at radius 2 is 0.556 bits per heavy atom. The van der Waals surface area contributed by atoms with Crippen LogP contribution in [0, 0.1) is 0 Å². The van der Waals surface area contributed by atoms with E-state index in [9.17, 15) is 19.3 Å². The first-order chi connectivity index (χ1) is 2.45. The zero-order valence-corrected chi connectivity index (χ0v) is 18.7. The Kier molecular flexibility index (Phi) is 8.97. The fourth-order valence-electron chi connectivity index (χ4n) is 0. The predicted octanol–water partition coefficient (Wildman–Crippen LogP) is -3.47. The van der Waals surface area contributed by atoms with E-state index >= 15 is 0 Å². The van der Waals surface area contributed by atoms with Gasteiger partial charge in [0.05, 0.1) is 0 Å². The van der Waals surface area contributed by atoms with E-state index in [-0.39, 0.29) is 138 Å². The van der Waals surface area contributed by atoms with Gasteiger partial charge in [-0.05, 0) is 0 Å². The normalized spacial score (nSPS) is 18.0. The molecule has 0 nitrogen and oxygen atoms in total. The fraction of sp³-hybridized carbons (Fsp3) is 0. The standard InChI is InChI=1S/2Cs.6FH.Pd/h;;6*1H;/q2*+1;;;;;;;+4/p-6. The van der Waals surface area contributed by atoms with Crippen LogP contribution in [0.2, 0.25) is 0 Å². The molecule has 0 aromatic carbocycles. The predicted molar refractivity (Wildman–Crippen MR) is 6.65 cm³/mol. The molecule has 0 fully saturated rings. The quantitative estimate of drug-likeness (QED) is 0.247. The molecule has 0 saturated carbocycles. The number of halogens is 6. The Bertz CT molecular complexity index is 69.6. The molecule has 0 saturated heterocycles. The van der Waals surface area contributed by atoms with E-state index in [2.05, 4.69) is 0 Å². The van der Waals surface area contributed by atoms with Crippen molar-refractivity contribution in [1.29, 1.82) is 0 Å². The maximum atomic E-state index is 9.89. The molecule has 54 valence electrons. The number of hydrogen-bond acceptors (Lipinski definition) is 0. The molecule has 9 heavy (non-hydrogen) atoms. The van der Waals surface area contributed by atoms with Gasteiger partial charge in [0.15, 0.2) is 0 Å². The zero-order valence-electron chi connectivity index (χ0n) is 4.58. The Labute approximate surface area is 167 Å². The van der Waals surface area contributed by atoms with Gasteiger partial charge in [0.25, 0.3) is 0 Å². The first-order valence-corrected chi connectivity index (χ1v) is 4.24. The van der Waals surface area contributed by atoms with Crippen molar-refractivity contribution < 1.29 is 173 Å². The average molecular weight is 486 g/mol. The van der Waals surface area contributed by atoms with E-state index in [0.29, 0.717) is 0 Å². The van der Waals surface area contributed by atoms with Gasteiger partial charge in [-0.25, -0.2) is 0 Å². The molecular formula is Cs2F6Pd. The molecule has 0 N–H and O–H groups in total. The van der Waals surface area contributed by atoms with Crippen LogP contribution in [-0.2, 0) is 16.2 Å². The second-order valence-electron chi connectivity index (χ2n) is 0.678. The van der Waals surface area contributed by atoms with Crippen molar-refractivity contribution in [2.45, 2.75) is 0 Å². The van der Waals surface area contributed by atoms with Gasteiger partial charge >= 0.3 is 173 Å².